The molecular weight excluding hydrogens is 304 g/mol. The van der Waals surface area contributed by atoms with Crippen molar-refractivity contribution in [1.82, 2.24) is 9.80 Å². The molecule has 1 unspecified atom stereocenters. The average molecular weight is 325 g/mol. The molecule has 1 aliphatic rings. The number of likely N-dealkylation sites (N-methyl/N-ethyl adjacent to an activating group) is 1. The topological polar surface area (TPSA) is 44.9 Å². The second kappa shape index (κ2) is 5.92. The molecule has 0 radical (unpaired) electrons. The smallest absolute Gasteiger partial charge is 0.191 e. The Morgan fingerprint density at radius 1 is 1.47 bits per heavy atom. The zero-order chi connectivity index (χ0) is 14.0. The summed E-state index contributed by atoms with van der Waals surface area (Å²) in [6.07, 6.45) is 0. The molecule has 0 aliphatic carbocycles. The van der Waals surface area contributed by atoms with Gasteiger partial charge in [0.2, 0.25) is 0 Å². The summed E-state index contributed by atoms with van der Waals surface area (Å²) in [5.74, 6) is 0.656. The fourth-order valence-corrected chi connectivity index (χ4v) is 2.61. The monoisotopic (exact) mass is 324 g/mol. The number of benzene rings is 1. The minimum Gasteiger partial charge on any atom is -0.370 e. The lowest BCUT2D eigenvalue weighted by molar-refractivity contribution is 0.293. The maximum absolute atomic E-state index is 6.01. The van der Waals surface area contributed by atoms with Crippen molar-refractivity contribution in [1.29, 1.82) is 0 Å². The second-order valence-electron chi connectivity index (χ2n) is 5.22. The maximum Gasteiger partial charge on any atom is 0.191 e. The van der Waals surface area contributed by atoms with E-state index in [1.165, 1.54) is 11.1 Å². The molecule has 0 bridgehead atoms. The minimum atomic E-state index is 0.261. The summed E-state index contributed by atoms with van der Waals surface area (Å²) in [5.41, 5.74) is 8.52. The molecule has 1 aliphatic heterocycles. The van der Waals surface area contributed by atoms with Crippen LogP contribution in [0, 0.1) is 6.92 Å². The Hall–Kier alpha value is -1.07. The van der Waals surface area contributed by atoms with E-state index in [-0.39, 0.29) is 6.04 Å². The van der Waals surface area contributed by atoms with Gasteiger partial charge in [-0.15, -0.1) is 0 Å². The molecule has 1 heterocycles. The number of aliphatic imine (C=N–C) groups is 1. The van der Waals surface area contributed by atoms with Gasteiger partial charge < -0.3 is 15.5 Å². The molecule has 0 amide bonds. The number of aryl methyl sites for hydroxylation is 1. The zero-order valence-electron chi connectivity index (χ0n) is 11.7. The Morgan fingerprint density at radius 3 is 2.84 bits per heavy atom. The van der Waals surface area contributed by atoms with Gasteiger partial charge in [-0.3, -0.25) is 4.99 Å². The van der Waals surface area contributed by atoms with Crippen LogP contribution in [0.15, 0.2) is 27.7 Å². The fourth-order valence-electron chi connectivity index (χ4n) is 2.21. The van der Waals surface area contributed by atoms with Gasteiger partial charge in [-0.2, -0.15) is 0 Å². The van der Waals surface area contributed by atoms with Gasteiger partial charge in [0.25, 0.3) is 0 Å². The summed E-state index contributed by atoms with van der Waals surface area (Å²) in [7, 11) is 4.14. The number of guanidine groups is 1. The first-order valence-electron chi connectivity index (χ1n) is 6.46. The quantitative estimate of drug-likeness (QED) is 0.921. The highest BCUT2D eigenvalue weighted by molar-refractivity contribution is 9.10. The van der Waals surface area contributed by atoms with Crippen molar-refractivity contribution >= 4 is 21.9 Å². The van der Waals surface area contributed by atoms with Crippen LogP contribution in [0.1, 0.15) is 17.2 Å². The van der Waals surface area contributed by atoms with Crippen LogP contribution in [0.5, 0.6) is 0 Å². The summed E-state index contributed by atoms with van der Waals surface area (Å²) in [6.45, 7) is 4.71. The SMILES string of the molecule is Cc1ccc(C2CN=C(N)N2CCN(C)C)cc1Br. The highest BCUT2D eigenvalue weighted by Crippen LogP contribution is 2.28. The normalized spacial score (nSPS) is 19.1. The van der Waals surface area contributed by atoms with Crippen LogP contribution in [0.3, 0.4) is 0 Å². The molecule has 4 nitrogen and oxygen atoms in total. The van der Waals surface area contributed by atoms with Crippen LogP contribution >= 0.6 is 15.9 Å². The first kappa shape index (κ1) is 14.3. The number of rotatable bonds is 4. The van der Waals surface area contributed by atoms with Gasteiger partial charge in [-0.25, -0.2) is 0 Å². The van der Waals surface area contributed by atoms with Gasteiger partial charge in [-0.1, -0.05) is 28.1 Å². The van der Waals surface area contributed by atoms with Gasteiger partial charge in [0.15, 0.2) is 5.96 Å². The highest BCUT2D eigenvalue weighted by Gasteiger charge is 2.27. The Bertz CT molecular complexity index is 484. The number of hydrogen-bond acceptors (Lipinski definition) is 4. The van der Waals surface area contributed by atoms with Crippen molar-refractivity contribution in [2.75, 3.05) is 33.7 Å². The molecule has 19 heavy (non-hydrogen) atoms. The lowest BCUT2D eigenvalue weighted by atomic mass is 10.0. The lowest BCUT2D eigenvalue weighted by Gasteiger charge is -2.28. The third-order valence-electron chi connectivity index (χ3n) is 3.47. The van der Waals surface area contributed by atoms with E-state index in [1.807, 2.05) is 0 Å². The van der Waals surface area contributed by atoms with Gasteiger partial charge in [0, 0.05) is 17.6 Å². The summed E-state index contributed by atoms with van der Waals surface area (Å²) in [5, 5.41) is 0. The summed E-state index contributed by atoms with van der Waals surface area (Å²) in [6, 6.07) is 6.74. The van der Waals surface area contributed by atoms with Gasteiger partial charge in [-0.05, 0) is 38.2 Å². The van der Waals surface area contributed by atoms with E-state index >= 15 is 0 Å². The second-order valence-corrected chi connectivity index (χ2v) is 6.07. The van der Waals surface area contributed by atoms with Crippen molar-refractivity contribution in [2.24, 2.45) is 10.7 Å². The molecule has 2 N–H and O–H groups in total. The molecule has 0 saturated carbocycles. The van der Waals surface area contributed by atoms with Crippen LogP contribution in [0.4, 0.5) is 0 Å². The molecule has 5 heteroatoms. The first-order valence-corrected chi connectivity index (χ1v) is 7.25. The van der Waals surface area contributed by atoms with Crippen molar-refractivity contribution in [3.05, 3.63) is 33.8 Å². The van der Waals surface area contributed by atoms with Crippen molar-refractivity contribution in [3.63, 3.8) is 0 Å². The van der Waals surface area contributed by atoms with E-state index in [0.29, 0.717) is 5.96 Å². The number of halogens is 1. The van der Waals surface area contributed by atoms with E-state index in [0.717, 1.165) is 24.1 Å². The standard InChI is InChI=1S/C14H21BrN4/c1-10-4-5-11(8-12(10)15)13-9-17-14(16)19(13)7-6-18(2)3/h4-5,8,13H,6-7,9H2,1-3H3,(H2,16,17). The molecule has 1 aromatic carbocycles. The summed E-state index contributed by atoms with van der Waals surface area (Å²) >= 11 is 3.59. The predicted octanol–water partition coefficient (Wildman–Crippen LogP) is 1.99. The van der Waals surface area contributed by atoms with E-state index in [9.17, 15) is 0 Å². The molecule has 1 aromatic rings. The molecule has 2 rings (SSSR count). The van der Waals surface area contributed by atoms with Crippen molar-refractivity contribution in [2.45, 2.75) is 13.0 Å². The molecule has 0 fully saturated rings. The van der Waals surface area contributed by atoms with Crippen molar-refractivity contribution < 1.29 is 0 Å². The van der Waals surface area contributed by atoms with Crippen LogP contribution in [0.25, 0.3) is 0 Å². The van der Waals surface area contributed by atoms with Crippen molar-refractivity contribution in [3.8, 4) is 0 Å². The summed E-state index contributed by atoms with van der Waals surface area (Å²) in [4.78, 5) is 8.74. The van der Waals surface area contributed by atoms with Crippen LogP contribution in [-0.4, -0.2) is 49.5 Å². The van der Waals surface area contributed by atoms with Crippen LogP contribution in [0.2, 0.25) is 0 Å². The largest absolute Gasteiger partial charge is 0.370 e. The Kier molecular flexibility index (Phi) is 4.47. The van der Waals surface area contributed by atoms with Crippen LogP contribution in [-0.2, 0) is 0 Å². The van der Waals surface area contributed by atoms with E-state index in [1.54, 1.807) is 0 Å². The third-order valence-corrected chi connectivity index (χ3v) is 4.32. The average Bonchev–Trinajstić information content (AvgIpc) is 2.71. The number of nitrogens with two attached hydrogens (primary N) is 1. The highest BCUT2D eigenvalue weighted by atomic mass is 79.9. The van der Waals surface area contributed by atoms with Gasteiger partial charge in [0.1, 0.15) is 0 Å². The molecule has 0 spiro atoms. The molecule has 0 saturated heterocycles. The van der Waals surface area contributed by atoms with E-state index in [4.69, 9.17) is 5.73 Å². The maximum atomic E-state index is 6.01. The molecule has 104 valence electrons. The molecule has 0 aromatic heterocycles. The predicted molar refractivity (Wildman–Crippen MR) is 83.4 cm³/mol. The Labute approximate surface area is 123 Å². The van der Waals surface area contributed by atoms with Gasteiger partial charge >= 0.3 is 0 Å². The molecular formula is C14H21BrN4. The third kappa shape index (κ3) is 3.28. The van der Waals surface area contributed by atoms with E-state index < -0.39 is 0 Å². The van der Waals surface area contributed by atoms with Crippen LogP contribution < -0.4 is 5.73 Å². The lowest BCUT2D eigenvalue weighted by Crippen LogP contribution is -2.40. The van der Waals surface area contributed by atoms with Gasteiger partial charge in [0.05, 0.1) is 12.6 Å². The van der Waals surface area contributed by atoms with E-state index in [2.05, 4.69) is 69.9 Å². The Balaban J connectivity index is 2.16. The summed E-state index contributed by atoms with van der Waals surface area (Å²) < 4.78 is 1.14. The molecule has 1 atom stereocenters. The number of nitrogens with zero attached hydrogens (tertiary/aromatic N) is 3. The Morgan fingerprint density at radius 2 is 2.21 bits per heavy atom. The number of hydrogen-bond donors (Lipinski definition) is 1. The first-order chi connectivity index (χ1) is 8.99. The fraction of sp³-hybridized carbons (Fsp3) is 0.500. The zero-order valence-corrected chi connectivity index (χ0v) is 13.3. The minimum absolute atomic E-state index is 0.261.